The van der Waals surface area contributed by atoms with E-state index in [1.165, 1.54) is 37.3 Å². The van der Waals surface area contributed by atoms with Crippen molar-refractivity contribution < 1.29 is 27.3 Å². The van der Waals surface area contributed by atoms with Crippen LogP contribution in [-0.4, -0.2) is 54.9 Å². The van der Waals surface area contributed by atoms with Gasteiger partial charge < -0.3 is 10.2 Å². The molecule has 10 nitrogen and oxygen atoms in total. The molecule has 0 spiro atoms. The van der Waals surface area contributed by atoms with Gasteiger partial charge in [0.2, 0.25) is 21.8 Å². The Labute approximate surface area is 210 Å². The lowest BCUT2D eigenvalue weighted by Crippen LogP contribution is -2.52. The van der Waals surface area contributed by atoms with E-state index >= 15 is 0 Å². The fourth-order valence-electron chi connectivity index (χ4n) is 3.43. The van der Waals surface area contributed by atoms with Gasteiger partial charge in [-0.3, -0.25) is 24.0 Å². The molecule has 0 fully saturated rings. The lowest BCUT2D eigenvalue weighted by Gasteiger charge is -2.32. The van der Waals surface area contributed by atoms with E-state index in [0.29, 0.717) is 12.0 Å². The number of carbonyl (C=O) groups excluding carboxylic acids is 2. The summed E-state index contributed by atoms with van der Waals surface area (Å²) in [6.07, 6.45) is 1.52. The Morgan fingerprint density at radius 1 is 1.17 bits per heavy atom. The smallest absolute Gasteiger partial charge is 0.271 e. The lowest BCUT2D eigenvalue weighted by molar-refractivity contribution is -0.384. The first kappa shape index (κ1) is 28.7. The molecule has 12 heteroatoms. The SMILES string of the molecule is CC[C@@H](C)NC(=O)[C@@H](C)N(Cc1ccccc1F)C(=O)CN(c1cc([N+](=O)[O-])ccc1C)S(C)(=O)=O. The van der Waals surface area contributed by atoms with Gasteiger partial charge in [-0.25, -0.2) is 12.8 Å². The number of rotatable bonds is 11. The minimum absolute atomic E-state index is 0.0393. The molecule has 0 unspecified atom stereocenters. The number of sulfonamides is 1. The highest BCUT2D eigenvalue weighted by Gasteiger charge is 2.32. The van der Waals surface area contributed by atoms with Crippen molar-refractivity contribution in [2.45, 2.75) is 52.7 Å². The molecule has 0 aliphatic rings. The van der Waals surface area contributed by atoms with E-state index in [0.717, 1.165) is 21.5 Å². The molecule has 0 saturated heterocycles. The van der Waals surface area contributed by atoms with Crippen LogP contribution in [0.2, 0.25) is 0 Å². The number of non-ortho nitro benzene ring substituents is 1. The number of hydrogen-bond donors (Lipinski definition) is 1. The van der Waals surface area contributed by atoms with Crippen molar-refractivity contribution in [1.82, 2.24) is 10.2 Å². The summed E-state index contributed by atoms with van der Waals surface area (Å²) in [4.78, 5) is 38.0. The second kappa shape index (κ2) is 11.9. The summed E-state index contributed by atoms with van der Waals surface area (Å²) in [5, 5.41) is 14.0. The van der Waals surface area contributed by atoms with Crippen molar-refractivity contribution >= 4 is 33.2 Å². The van der Waals surface area contributed by atoms with Crippen LogP contribution in [0.3, 0.4) is 0 Å². The Morgan fingerprint density at radius 3 is 2.36 bits per heavy atom. The maximum atomic E-state index is 14.4. The third-order valence-corrected chi connectivity index (χ3v) is 6.94. The molecule has 0 aromatic heterocycles. The van der Waals surface area contributed by atoms with Crippen LogP contribution in [0, 0.1) is 22.9 Å². The third kappa shape index (κ3) is 7.23. The minimum atomic E-state index is -4.07. The number of nitro groups is 1. The zero-order valence-corrected chi connectivity index (χ0v) is 21.7. The number of aryl methyl sites for hydroxylation is 1. The predicted octanol–water partition coefficient (Wildman–Crippen LogP) is 3.14. The van der Waals surface area contributed by atoms with Crippen molar-refractivity contribution in [3.63, 3.8) is 0 Å². The quantitative estimate of drug-likeness (QED) is 0.356. The van der Waals surface area contributed by atoms with Crippen molar-refractivity contribution in [3.05, 3.63) is 69.5 Å². The number of anilines is 1. The number of nitrogens with one attached hydrogen (secondary N) is 1. The summed E-state index contributed by atoms with van der Waals surface area (Å²) in [5.41, 5.74) is 0.150. The number of halogens is 1. The summed E-state index contributed by atoms with van der Waals surface area (Å²) in [5.74, 6) is -1.84. The molecule has 2 aromatic rings. The Bertz CT molecular complexity index is 1240. The molecule has 2 rings (SSSR count). The average Bonchev–Trinajstić information content (AvgIpc) is 2.80. The summed E-state index contributed by atoms with van der Waals surface area (Å²) < 4.78 is 40.5. The number of benzene rings is 2. The van der Waals surface area contributed by atoms with Crippen molar-refractivity contribution in [2.24, 2.45) is 0 Å². The number of hydrogen-bond acceptors (Lipinski definition) is 6. The summed E-state index contributed by atoms with van der Waals surface area (Å²) in [6, 6.07) is 8.21. The number of amides is 2. The third-order valence-electron chi connectivity index (χ3n) is 5.82. The van der Waals surface area contributed by atoms with E-state index < -0.39 is 45.2 Å². The number of nitrogens with zero attached hydrogens (tertiary/aromatic N) is 3. The highest BCUT2D eigenvalue weighted by Crippen LogP contribution is 2.28. The van der Waals surface area contributed by atoms with Gasteiger partial charge in [-0.05, 0) is 38.8 Å². The molecule has 1 N–H and O–H groups in total. The minimum Gasteiger partial charge on any atom is -0.352 e. The fraction of sp³-hybridized carbons (Fsp3) is 0.417. The van der Waals surface area contributed by atoms with E-state index in [2.05, 4.69) is 5.32 Å². The lowest BCUT2D eigenvalue weighted by atomic mass is 10.1. The molecule has 0 bridgehead atoms. The summed E-state index contributed by atoms with van der Waals surface area (Å²) in [6.45, 7) is 5.68. The van der Waals surface area contributed by atoms with E-state index in [1.54, 1.807) is 19.9 Å². The first-order valence-corrected chi connectivity index (χ1v) is 13.2. The van der Waals surface area contributed by atoms with E-state index in [4.69, 9.17) is 0 Å². The first-order chi connectivity index (χ1) is 16.8. The van der Waals surface area contributed by atoms with Crippen molar-refractivity contribution in [3.8, 4) is 0 Å². The van der Waals surface area contributed by atoms with Crippen LogP contribution in [-0.2, 0) is 26.2 Å². The van der Waals surface area contributed by atoms with Crippen molar-refractivity contribution in [2.75, 3.05) is 17.1 Å². The maximum absolute atomic E-state index is 14.4. The predicted molar refractivity (Wildman–Crippen MR) is 134 cm³/mol. The maximum Gasteiger partial charge on any atom is 0.271 e. The second-order valence-electron chi connectivity index (χ2n) is 8.60. The standard InChI is InChI=1S/C24H31FN4O6S/c1-6-17(3)26-24(31)18(4)27(14-19-9-7-8-10-21(19)25)23(30)15-28(36(5,34)35)22-13-20(29(32)33)12-11-16(22)2/h7-13,17-18H,6,14-15H2,1-5H3,(H,26,31)/t17-,18-/m1/s1. The molecule has 0 radical (unpaired) electrons. The van der Waals surface area contributed by atoms with Gasteiger partial charge in [0.1, 0.15) is 18.4 Å². The topological polar surface area (TPSA) is 130 Å². The van der Waals surface area contributed by atoms with Crippen LogP contribution in [0.4, 0.5) is 15.8 Å². The van der Waals surface area contributed by atoms with E-state index in [9.17, 15) is 32.5 Å². The van der Waals surface area contributed by atoms with Gasteiger partial charge in [0, 0.05) is 30.3 Å². The molecule has 2 atom stereocenters. The Balaban J connectivity index is 2.49. The van der Waals surface area contributed by atoms with Crippen LogP contribution in [0.5, 0.6) is 0 Å². The molecule has 2 aromatic carbocycles. The zero-order chi connectivity index (χ0) is 27.2. The Kier molecular flexibility index (Phi) is 9.51. The normalized spacial score (nSPS) is 12.9. The van der Waals surface area contributed by atoms with Crippen LogP contribution in [0.1, 0.15) is 38.3 Å². The van der Waals surface area contributed by atoms with Gasteiger partial charge in [0.25, 0.3) is 5.69 Å². The highest BCUT2D eigenvalue weighted by molar-refractivity contribution is 7.92. The number of nitro benzene ring substituents is 1. The van der Waals surface area contributed by atoms with Crippen molar-refractivity contribution in [1.29, 1.82) is 0 Å². The van der Waals surface area contributed by atoms with E-state index in [1.807, 2.05) is 6.92 Å². The number of carbonyl (C=O) groups is 2. The highest BCUT2D eigenvalue weighted by atomic mass is 32.2. The average molecular weight is 523 g/mol. The van der Waals surface area contributed by atoms with Gasteiger partial charge in [0.15, 0.2) is 0 Å². The van der Waals surface area contributed by atoms with Crippen LogP contribution in [0.15, 0.2) is 42.5 Å². The van der Waals surface area contributed by atoms with Crippen LogP contribution in [0.25, 0.3) is 0 Å². The van der Waals surface area contributed by atoms with Crippen LogP contribution < -0.4 is 9.62 Å². The summed E-state index contributed by atoms with van der Waals surface area (Å²) >= 11 is 0. The second-order valence-corrected chi connectivity index (χ2v) is 10.5. The largest absolute Gasteiger partial charge is 0.352 e. The zero-order valence-electron chi connectivity index (χ0n) is 20.9. The van der Waals surface area contributed by atoms with Gasteiger partial charge in [0.05, 0.1) is 16.9 Å². The fourth-order valence-corrected chi connectivity index (χ4v) is 4.33. The molecule has 0 heterocycles. The van der Waals surface area contributed by atoms with Crippen LogP contribution >= 0.6 is 0 Å². The van der Waals surface area contributed by atoms with Gasteiger partial charge in [-0.15, -0.1) is 0 Å². The first-order valence-electron chi connectivity index (χ1n) is 11.3. The Morgan fingerprint density at radius 2 is 1.81 bits per heavy atom. The Hall–Kier alpha value is -3.54. The molecule has 0 aliphatic carbocycles. The molecular weight excluding hydrogens is 491 g/mol. The summed E-state index contributed by atoms with van der Waals surface area (Å²) in [7, 11) is -4.07. The molecule has 196 valence electrons. The molecule has 2 amide bonds. The van der Waals surface area contributed by atoms with Gasteiger partial charge >= 0.3 is 0 Å². The molecule has 36 heavy (non-hydrogen) atoms. The van der Waals surface area contributed by atoms with Gasteiger partial charge in [-0.2, -0.15) is 0 Å². The van der Waals surface area contributed by atoms with E-state index in [-0.39, 0.29) is 29.5 Å². The molecular formula is C24H31FN4O6S. The van der Waals surface area contributed by atoms with Gasteiger partial charge in [-0.1, -0.05) is 31.2 Å². The monoisotopic (exact) mass is 522 g/mol. The molecule has 0 saturated carbocycles. The molecule has 0 aliphatic heterocycles.